The van der Waals surface area contributed by atoms with Crippen LogP contribution < -0.4 is 5.43 Å². The summed E-state index contributed by atoms with van der Waals surface area (Å²) in [4.78, 5) is 25.9. The van der Waals surface area contributed by atoms with E-state index in [1.54, 1.807) is 49.5 Å². The predicted octanol–water partition coefficient (Wildman–Crippen LogP) is 2.81. The maximum atomic E-state index is 11.8. The molecule has 0 unspecified atom stereocenters. The number of amides is 1. The van der Waals surface area contributed by atoms with Crippen molar-refractivity contribution in [2.45, 2.75) is 6.92 Å². The van der Waals surface area contributed by atoms with Gasteiger partial charge in [-0.2, -0.15) is 5.10 Å². The Labute approximate surface area is 132 Å². The van der Waals surface area contributed by atoms with Crippen LogP contribution in [0.4, 0.5) is 5.69 Å². The molecule has 0 bridgehead atoms. The van der Waals surface area contributed by atoms with Crippen LogP contribution in [-0.4, -0.2) is 21.5 Å². The van der Waals surface area contributed by atoms with Crippen LogP contribution in [0.25, 0.3) is 6.08 Å². The molecule has 0 aliphatic carbocycles. The van der Waals surface area contributed by atoms with Crippen LogP contribution in [0.15, 0.2) is 60.0 Å². The smallest absolute Gasteiger partial charge is 0.267 e. The molecular formula is C16H14N4O3. The zero-order valence-corrected chi connectivity index (χ0v) is 12.3. The number of pyridine rings is 1. The minimum absolute atomic E-state index is 0.0200. The third kappa shape index (κ3) is 4.85. The molecular weight excluding hydrogens is 296 g/mol. The van der Waals surface area contributed by atoms with Gasteiger partial charge in [0, 0.05) is 24.5 Å². The summed E-state index contributed by atoms with van der Waals surface area (Å²) in [7, 11) is 0. The Hall–Kier alpha value is -3.35. The molecule has 0 atom stereocenters. The SMILES string of the molecule is CC(/C=C/c1cccc([N+](=O)[O-])c1)=NNC(=O)c1cccnc1. The standard InChI is InChI=1S/C16H14N4O3/c1-12(18-19-16(21)14-5-3-9-17-11-14)7-8-13-4-2-6-15(10-13)20(22)23/h2-11H,1H3,(H,19,21)/b8-7+,18-12?. The van der Waals surface area contributed by atoms with E-state index in [4.69, 9.17) is 0 Å². The molecule has 2 aromatic rings. The lowest BCUT2D eigenvalue weighted by Gasteiger charge is -1.99. The van der Waals surface area contributed by atoms with Crippen LogP contribution in [0.3, 0.4) is 0 Å². The Morgan fingerprint density at radius 2 is 2.17 bits per heavy atom. The molecule has 116 valence electrons. The number of nitrogens with one attached hydrogen (secondary N) is 1. The zero-order chi connectivity index (χ0) is 16.7. The molecule has 1 heterocycles. The van der Waals surface area contributed by atoms with Crippen molar-refractivity contribution >= 4 is 23.4 Å². The number of non-ortho nitro benzene ring substituents is 1. The summed E-state index contributed by atoms with van der Waals surface area (Å²) in [6.45, 7) is 1.71. The molecule has 0 aliphatic heterocycles. The van der Waals surface area contributed by atoms with Gasteiger partial charge in [0.05, 0.1) is 16.2 Å². The Morgan fingerprint density at radius 1 is 1.35 bits per heavy atom. The fourth-order valence-corrected chi connectivity index (χ4v) is 1.70. The van der Waals surface area contributed by atoms with Crippen molar-refractivity contribution in [3.63, 3.8) is 0 Å². The molecule has 1 aromatic heterocycles. The first kappa shape index (κ1) is 16.0. The topological polar surface area (TPSA) is 97.5 Å². The number of hydrogen-bond acceptors (Lipinski definition) is 5. The molecule has 7 nitrogen and oxygen atoms in total. The number of aromatic nitrogens is 1. The molecule has 1 N–H and O–H groups in total. The van der Waals surface area contributed by atoms with Gasteiger partial charge in [0.2, 0.25) is 0 Å². The van der Waals surface area contributed by atoms with Gasteiger partial charge in [-0.15, -0.1) is 0 Å². The van der Waals surface area contributed by atoms with Crippen molar-refractivity contribution in [3.8, 4) is 0 Å². The summed E-state index contributed by atoms with van der Waals surface area (Å²) in [6, 6.07) is 9.52. The number of hydrogen-bond donors (Lipinski definition) is 1. The van der Waals surface area contributed by atoms with Crippen molar-refractivity contribution in [3.05, 3.63) is 76.1 Å². The summed E-state index contributed by atoms with van der Waals surface area (Å²) in [5, 5.41) is 14.7. The molecule has 0 radical (unpaired) electrons. The number of hydrazone groups is 1. The summed E-state index contributed by atoms with van der Waals surface area (Å²) in [6.07, 6.45) is 6.36. The van der Waals surface area contributed by atoms with Crippen molar-refractivity contribution in [1.29, 1.82) is 0 Å². The van der Waals surface area contributed by atoms with E-state index >= 15 is 0 Å². The highest BCUT2D eigenvalue weighted by Crippen LogP contribution is 2.14. The van der Waals surface area contributed by atoms with Gasteiger partial charge in [0.15, 0.2) is 0 Å². The van der Waals surface area contributed by atoms with Gasteiger partial charge >= 0.3 is 0 Å². The first-order valence-electron chi connectivity index (χ1n) is 6.73. The molecule has 7 heteroatoms. The third-order valence-electron chi connectivity index (χ3n) is 2.86. The summed E-state index contributed by atoms with van der Waals surface area (Å²) >= 11 is 0. The highest BCUT2D eigenvalue weighted by molar-refractivity contribution is 5.99. The zero-order valence-electron chi connectivity index (χ0n) is 12.3. The first-order valence-corrected chi connectivity index (χ1v) is 6.73. The molecule has 2 rings (SSSR count). The van der Waals surface area contributed by atoms with Gasteiger partial charge in [-0.3, -0.25) is 19.9 Å². The Kier molecular flexibility index (Phi) is 5.30. The molecule has 0 saturated heterocycles. The predicted molar refractivity (Wildman–Crippen MR) is 86.9 cm³/mol. The van der Waals surface area contributed by atoms with Gasteiger partial charge in [-0.05, 0) is 30.7 Å². The van der Waals surface area contributed by atoms with Crippen LogP contribution in [0.2, 0.25) is 0 Å². The second-order valence-corrected chi connectivity index (χ2v) is 4.62. The van der Waals surface area contributed by atoms with E-state index in [1.165, 1.54) is 18.3 Å². The lowest BCUT2D eigenvalue weighted by atomic mass is 10.2. The van der Waals surface area contributed by atoms with E-state index in [-0.39, 0.29) is 11.6 Å². The van der Waals surface area contributed by atoms with E-state index in [0.29, 0.717) is 16.8 Å². The number of allylic oxidation sites excluding steroid dienone is 1. The molecule has 0 saturated carbocycles. The van der Waals surface area contributed by atoms with Crippen LogP contribution in [-0.2, 0) is 0 Å². The molecule has 1 aromatic carbocycles. The molecule has 1 amide bonds. The number of benzene rings is 1. The Morgan fingerprint density at radius 3 is 2.87 bits per heavy atom. The van der Waals surface area contributed by atoms with Gasteiger partial charge < -0.3 is 0 Å². The maximum Gasteiger partial charge on any atom is 0.272 e. The Bertz CT molecular complexity index is 770. The number of carbonyl (C=O) groups is 1. The van der Waals surface area contributed by atoms with Crippen LogP contribution in [0.5, 0.6) is 0 Å². The number of nitro groups is 1. The number of rotatable bonds is 5. The van der Waals surface area contributed by atoms with Gasteiger partial charge in [-0.25, -0.2) is 5.43 Å². The summed E-state index contributed by atoms with van der Waals surface area (Å²) in [5.41, 5.74) is 4.07. The second-order valence-electron chi connectivity index (χ2n) is 4.62. The van der Waals surface area contributed by atoms with Crippen molar-refractivity contribution in [2.24, 2.45) is 5.10 Å². The molecule has 0 aliphatic rings. The van der Waals surface area contributed by atoms with E-state index < -0.39 is 4.92 Å². The van der Waals surface area contributed by atoms with Gasteiger partial charge in [-0.1, -0.05) is 18.2 Å². The Balaban J connectivity index is 2.00. The van der Waals surface area contributed by atoms with E-state index in [9.17, 15) is 14.9 Å². The van der Waals surface area contributed by atoms with Gasteiger partial charge in [0.25, 0.3) is 11.6 Å². The van der Waals surface area contributed by atoms with Crippen molar-refractivity contribution in [1.82, 2.24) is 10.4 Å². The summed E-state index contributed by atoms with van der Waals surface area (Å²) in [5.74, 6) is -0.360. The molecule has 23 heavy (non-hydrogen) atoms. The minimum Gasteiger partial charge on any atom is -0.267 e. The fraction of sp³-hybridized carbons (Fsp3) is 0.0625. The summed E-state index contributed by atoms with van der Waals surface area (Å²) < 4.78 is 0. The monoisotopic (exact) mass is 310 g/mol. The van der Waals surface area contributed by atoms with Crippen LogP contribution in [0, 0.1) is 10.1 Å². The number of carbonyl (C=O) groups excluding carboxylic acids is 1. The van der Waals surface area contributed by atoms with Crippen molar-refractivity contribution < 1.29 is 9.72 Å². The van der Waals surface area contributed by atoms with Crippen LogP contribution >= 0.6 is 0 Å². The maximum absolute atomic E-state index is 11.8. The number of nitrogens with zero attached hydrogens (tertiary/aromatic N) is 3. The first-order chi connectivity index (χ1) is 11.1. The fourth-order valence-electron chi connectivity index (χ4n) is 1.70. The lowest BCUT2D eigenvalue weighted by Crippen LogP contribution is -2.18. The highest BCUT2D eigenvalue weighted by atomic mass is 16.6. The van der Waals surface area contributed by atoms with Crippen LogP contribution in [0.1, 0.15) is 22.8 Å². The normalized spacial score (nSPS) is 11.4. The quantitative estimate of drug-likeness (QED) is 0.521. The third-order valence-corrected chi connectivity index (χ3v) is 2.86. The largest absolute Gasteiger partial charge is 0.272 e. The average Bonchev–Trinajstić information content (AvgIpc) is 2.58. The van der Waals surface area contributed by atoms with E-state index in [0.717, 1.165) is 0 Å². The van der Waals surface area contributed by atoms with E-state index in [1.807, 2.05) is 0 Å². The van der Waals surface area contributed by atoms with Crippen molar-refractivity contribution in [2.75, 3.05) is 0 Å². The highest BCUT2D eigenvalue weighted by Gasteiger charge is 2.04. The average molecular weight is 310 g/mol. The lowest BCUT2D eigenvalue weighted by molar-refractivity contribution is -0.384. The second kappa shape index (κ2) is 7.60. The molecule has 0 spiro atoms. The number of nitro benzene ring substituents is 1. The minimum atomic E-state index is -0.452. The van der Waals surface area contributed by atoms with E-state index in [2.05, 4.69) is 15.5 Å². The molecule has 0 fully saturated rings. The van der Waals surface area contributed by atoms with Gasteiger partial charge in [0.1, 0.15) is 0 Å².